The summed E-state index contributed by atoms with van der Waals surface area (Å²) in [6.45, 7) is 21.7. The van der Waals surface area contributed by atoms with Crippen LogP contribution in [0.15, 0.2) is 36.4 Å². The van der Waals surface area contributed by atoms with Gasteiger partial charge in [-0.2, -0.15) is 9.97 Å². The first-order valence-corrected chi connectivity index (χ1v) is 25.3. The van der Waals surface area contributed by atoms with Gasteiger partial charge in [-0.1, -0.05) is 59.6 Å². The predicted molar refractivity (Wildman–Crippen MR) is 250 cm³/mol. The van der Waals surface area contributed by atoms with E-state index in [-0.39, 0.29) is 36.1 Å². The number of likely N-dealkylation sites (tertiary alicyclic amines) is 1. The van der Waals surface area contributed by atoms with Gasteiger partial charge in [0.2, 0.25) is 0 Å². The molecule has 4 aromatic rings. The molecule has 1 spiro atoms. The Bertz CT molecular complexity index is 2490. The minimum absolute atomic E-state index is 0.00819. The van der Waals surface area contributed by atoms with Gasteiger partial charge in [-0.05, 0) is 92.0 Å². The first-order valence-electron chi connectivity index (χ1n) is 23.1. The summed E-state index contributed by atoms with van der Waals surface area (Å²) >= 11 is 0. The van der Waals surface area contributed by atoms with Gasteiger partial charge in [0.05, 0.1) is 37.3 Å². The topological polar surface area (TPSA) is 98.7 Å². The summed E-state index contributed by atoms with van der Waals surface area (Å²) in [5.74, 6) is 3.05. The minimum atomic E-state index is -2.32. The highest BCUT2D eigenvalue weighted by atomic mass is 28.3. The van der Waals surface area contributed by atoms with E-state index in [2.05, 4.69) is 57.9 Å². The number of aromatic nitrogens is 2. The zero-order valence-corrected chi connectivity index (χ0v) is 40.6. The van der Waals surface area contributed by atoms with Crippen LogP contribution in [0.2, 0.25) is 16.6 Å². The van der Waals surface area contributed by atoms with E-state index in [9.17, 15) is 9.18 Å². The van der Waals surface area contributed by atoms with Crippen LogP contribution < -0.4 is 14.4 Å². The molecule has 0 saturated carbocycles. The van der Waals surface area contributed by atoms with Crippen molar-refractivity contribution in [3.05, 3.63) is 53.6 Å². The molecule has 2 atom stereocenters. The van der Waals surface area contributed by atoms with Crippen molar-refractivity contribution < 1.29 is 41.7 Å². The van der Waals surface area contributed by atoms with Crippen molar-refractivity contribution >= 4 is 41.7 Å². The first kappa shape index (κ1) is 46.9. The second-order valence-corrected chi connectivity index (χ2v) is 26.1. The summed E-state index contributed by atoms with van der Waals surface area (Å²) in [6.07, 6.45) is 0.675. The number of amides is 1. The number of ether oxygens (including phenoxy) is 5. The molecule has 0 aliphatic carbocycles. The Hall–Kier alpha value is -4.62. The molecule has 1 amide bonds. The van der Waals surface area contributed by atoms with Gasteiger partial charge >= 0.3 is 12.1 Å². The molecule has 1 aromatic heterocycles. The third-order valence-corrected chi connectivity index (χ3v) is 20.4. The lowest BCUT2D eigenvalue weighted by molar-refractivity contribution is -0.144. The van der Waals surface area contributed by atoms with Crippen molar-refractivity contribution in [3.63, 3.8) is 0 Å². The van der Waals surface area contributed by atoms with E-state index in [1.807, 2.05) is 25.7 Å². The van der Waals surface area contributed by atoms with Crippen LogP contribution in [0.3, 0.4) is 0 Å². The van der Waals surface area contributed by atoms with Gasteiger partial charge in [0.25, 0.3) is 0 Å². The Morgan fingerprint density at radius 2 is 1.71 bits per heavy atom. The van der Waals surface area contributed by atoms with Crippen molar-refractivity contribution in [1.29, 1.82) is 0 Å². The van der Waals surface area contributed by atoms with Crippen LogP contribution in [0.1, 0.15) is 87.1 Å². The standard InChI is InChI=1S/C50H64F3N5O6Si/c1-31(2)65(32(3)4,33(5)6)21-16-38-41(52)15-12-34-22-36(62-30-60-10)23-40(42(34)38)37-13-14-39-44(43(37)53)54-46(61-29-49-17-11-18-58(49)25-35(51)24-49)55-45(39)56-19-20-63-50(26-56)27-57(28-50)47(59)64-48(7,8)9/h12-15,22-23,31-33,35H,11,17-20,24-30H2,1-10H3/t35-,49+/m1/s1. The van der Waals surface area contributed by atoms with E-state index < -0.39 is 48.7 Å². The molecule has 3 aromatic carbocycles. The predicted octanol–water partition coefficient (Wildman–Crippen LogP) is 10.1. The van der Waals surface area contributed by atoms with Crippen LogP contribution in [0.4, 0.5) is 23.8 Å². The zero-order chi connectivity index (χ0) is 46.6. The molecular formula is C50H64F3N5O6Si. The van der Waals surface area contributed by atoms with E-state index in [1.54, 1.807) is 35.2 Å². The molecule has 4 aliphatic rings. The summed E-state index contributed by atoms with van der Waals surface area (Å²) in [5.41, 5.74) is 3.53. The Morgan fingerprint density at radius 3 is 2.40 bits per heavy atom. The minimum Gasteiger partial charge on any atom is -0.468 e. The van der Waals surface area contributed by atoms with Crippen molar-refractivity contribution in [2.75, 3.05) is 71.3 Å². The summed E-state index contributed by atoms with van der Waals surface area (Å²) in [7, 11) is -0.800. The second-order valence-electron chi connectivity index (χ2n) is 20.5. The highest BCUT2D eigenvalue weighted by Gasteiger charge is 2.52. The Labute approximate surface area is 382 Å². The monoisotopic (exact) mass is 915 g/mol. The fraction of sp³-hybridized carbons (Fsp3) is 0.580. The Balaban J connectivity index is 1.27. The maximum atomic E-state index is 17.9. The average molecular weight is 916 g/mol. The van der Waals surface area contributed by atoms with Gasteiger partial charge in [-0.3, -0.25) is 4.90 Å². The maximum Gasteiger partial charge on any atom is 0.410 e. The van der Waals surface area contributed by atoms with Crippen molar-refractivity contribution in [2.45, 2.75) is 121 Å². The second kappa shape index (κ2) is 17.9. The number of carbonyl (C=O) groups is 1. The lowest BCUT2D eigenvalue weighted by Gasteiger charge is -2.53. The number of alkyl halides is 1. The van der Waals surface area contributed by atoms with E-state index in [0.717, 1.165) is 19.4 Å². The van der Waals surface area contributed by atoms with Crippen LogP contribution in [0.25, 0.3) is 32.8 Å². The number of anilines is 1. The van der Waals surface area contributed by atoms with Crippen LogP contribution in [0, 0.1) is 23.1 Å². The zero-order valence-electron chi connectivity index (χ0n) is 39.6. The van der Waals surface area contributed by atoms with Gasteiger partial charge < -0.3 is 33.5 Å². The molecule has 0 radical (unpaired) electrons. The van der Waals surface area contributed by atoms with Crippen LogP contribution in [-0.4, -0.2) is 123 Å². The molecule has 11 nitrogen and oxygen atoms in total. The van der Waals surface area contributed by atoms with Gasteiger partial charge in [0.15, 0.2) is 12.6 Å². The molecule has 8 rings (SSSR count). The molecule has 5 heterocycles. The average Bonchev–Trinajstić information content (AvgIpc) is 3.76. The number of hydrogen-bond acceptors (Lipinski definition) is 10. The van der Waals surface area contributed by atoms with Gasteiger partial charge in [0, 0.05) is 43.0 Å². The third-order valence-electron chi connectivity index (χ3n) is 14.1. The molecule has 15 heteroatoms. The number of carbonyl (C=O) groups excluding carboxylic acids is 1. The maximum absolute atomic E-state index is 17.9. The number of hydrogen-bond donors (Lipinski definition) is 0. The number of nitrogens with zero attached hydrogens (tertiary/aromatic N) is 5. The van der Waals surface area contributed by atoms with E-state index >= 15 is 8.78 Å². The Morgan fingerprint density at radius 1 is 0.969 bits per heavy atom. The Kier molecular flexibility index (Phi) is 12.9. The van der Waals surface area contributed by atoms with Crippen LogP contribution in [0.5, 0.6) is 11.8 Å². The summed E-state index contributed by atoms with van der Waals surface area (Å²) in [6, 6.07) is 10.00. The number of halogens is 3. The molecule has 350 valence electrons. The normalized spacial score (nSPS) is 21.1. The van der Waals surface area contributed by atoms with Gasteiger partial charge in [0.1, 0.15) is 55.0 Å². The van der Waals surface area contributed by atoms with Gasteiger partial charge in [-0.15, -0.1) is 5.54 Å². The molecule has 4 aliphatic heterocycles. The highest BCUT2D eigenvalue weighted by molar-refractivity contribution is 6.90. The van der Waals surface area contributed by atoms with Crippen LogP contribution >= 0.6 is 0 Å². The smallest absolute Gasteiger partial charge is 0.410 e. The molecule has 65 heavy (non-hydrogen) atoms. The summed E-state index contributed by atoms with van der Waals surface area (Å²) in [4.78, 5) is 28.5. The summed E-state index contributed by atoms with van der Waals surface area (Å²) in [5, 5.41) is 1.52. The molecule has 0 N–H and O–H groups in total. The molecular weight excluding hydrogens is 852 g/mol. The number of morpholine rings is 1. The lowest BCUT2D eigenvalue weighted by Crippen LogP contribution is -2.71. The van der Waals surface area contributed by atoms with Crippen molar-refractivity contribution in [1.82, 2.24) is 19.8 Å². The lowest BCUT2D eigenvalue weighted by atomic mass is 9.91. The fourth-order valence-electron chi connectivity index (χ4n) is 11.2. The number of rotatable bonds is 11. The van der Waals surface area contributed by atoms with Gasteiger partial charge in [-0.25, -0.2) is 18.0 Å². The third kappa shape index (κ3) is 8.88. The molecule has 0 unspecified atom stereocenters. The first-order chi connectivity index (χ1) is 30.8. The summed E-state index contributed by atoms with van der Waals surface area (Å²) < 4.78 is 78.8. The fourth-order valence-corrected chi connectivity index (χ4v) is 16.4. The van der Waals surface area contributed by atoms with E-state index in [0.29, 0.717) is 95.7 Å². The van der Waals surface area contributed by atoms with Crippen molar-refractivity contribution in [3.8, 4) is 34.4 Å². The molecule has 0 bridgehead atoms. The number of methoxy groups -OCH3 is 1. The molecule has 4 fully saturated rings. The highest BCUT2D eigenvalue weighted by Crippen LogP contribution is 2.45. The van der Waals surface area contributed by atoms with E-state index in [4.69, 9.17) is 33.7 Å². The van der Waals surface area contributed by atoms with E-state index in [1.165, 1.54) is 13.2 Å². The number of fused-ring (bicyclic) bond motifs is 3. The van der Waals surface area contributed by atoms with Crippen molar-refractivity contribution in [2.24, 2.45) is 0 Å². The SMILES string of the molecule is COCOc1cc(-c2ccc3c(N4CCOC5(CN(C(=O)OC(C)(C)C)C5)C4)nc(OC[C@@]45CCCN4C[C@H](F)C5)nc3c2F)c2c(C#C[Si](C(C)C)(C(C)C)C(C)C)c(F)ccc2c1. The molecule has 4 saturated heterocycles. The van der Waals surface area contributed by atoms with Crippen LogP contribution in [-0.2, 0) is 14.2 Å². The quantitative estimate of drug-likeness (QED) is 0.0822. The largest absolute Gasteiger partial charge is 0.468 e. The number of benzene rings is 3.